The van der Waals surface area contributed by atoms with E-state index in [9.17, 15) is 0 Å². The van der Waals surface area contributed by atoms with Crippen molar-refractivity contribution in [2.45, 2.75) is 26.2 Å². The molecule has 0 aliphatic rings. The topological polar surface area (TPSA) is 64.7 Å². The molecule has 2 N–H and O–H groups in total. The highest BCUT2D eigenvalue weighted by molar-refractivity contribution is 7.18. The molecule has 0 atom stereocenters. The van der Waals surface area contributed by atoms with Crippen molar-refractivity contribution in [2.75, 3.05) is 5.73 Å². The quantitative estimate of drug-likeness (QED) is 0.741. The third kappa shape index (κ3) is 2.25. The van der Waals surface area contributed by atoms with Crippen LogP contribution in [0.25, 0.3) is 21.5 Å². The van der Waals surface area contributed by atoms with Crippen LogP contribution >= 0.6 is 11.3 Å². The maximum atomic E-state index is 5.71. The Morgan fingerprint density at radius 3 is 2.50 bits per heavy atom. The van der Waals surface area contributed by atoms with Crippen LogP contribution in [-0.4, -0.2) is 15.2 Å². The fourth-order valence-electron chi connectivity index (χ4n) is 2.08. The Balaban J connectivity index is 2.33. The molecule has 3 aromatic rings. The van der Waals surface area contributed by atoms with Gasteiger partial charge in [0.15, 0.2) is 0 Å². The number of nitrogens with zero attached hydrogens (tertiary/aromatic N) is 3. The van der Waals surface area contributed by atoms with Crippen molar-refractivity contribution in [3.63, 3.8) is 0 Å². The number of nitrogen functional groups attached to an aromatic ring is 1. The van der Waals surface area contributed by atoms with E-state index in [1.165, 1.54) is 11.3 Å². The summed E-state index contributed by atoms with van der Waals surface area (Å²) in [7, 11) is 0. The van der Waals surface area contributed by atoms with Gasteiger partial charge in [-0.25, -0.2) is 0 Å². The lowest BCUT2D eigenvalue weighted by Gasteiger charge is -2.19. The smallest absolute Gasteiger partial charge is 0.203 e. The van der Waals surface area contributed by atoms with Crippen LogP contribution in [0.15, 0.2) is 30.3 Å². The molecule has 2 heterocycles. The van der Waals surface area contributed by atoms with E-state index < -0.39 is 0 Å². The third-order valence-corrected chi connectivity index (χ3v) is 3.94. The lowest BCUT2D eigenvalue weighted by molar-refractivity contribution is 0.572. The number of benzene rings is 1. The van der Waals surface area contributed by atoms with E-state index in [1.807, 2.05) is 18.2 Å². The van der Waals surface area contributed by atoms with Crippen LogP contribution in [0.2, 0.25) is 0 Å². The molecule has 0 aliphatic heterocycles. The van der Waals surface area contributed by atoms with Gasteiger partial charge in [0.1, 0.15) is 5.01 Å². The molecule has 3 rings (SSSR count). The van der Waals surface area contributed by atoms with Crippen molar-refractivity contribution in [1.29, 1.82) is 0 Å². The summed E-state index contributed by atoms with van der Waals surface area (Å²) < 4.78 is 0. The Morgan fingerprint density at radius 1 is 1.10 bits per heavy atom. The minimum atomic E-state index is -0.0188. The van der Waals surface area contributed by atoms with Gasteiger partial charge in [-0.15, -0.1) is 10.2 Å². The summed E-state index contributed by atoms with van der Waals surface area (Å²) in [5, 5.41) is 10.5. The molecule has 0 saturated carbocycles. The molecule has 0 fully saturated rings. The van der Waals surface area contributed by atoms with E-state index in [0.29, 0.717) is 5.13 Å². The first-order chi connectivity index (χ1) is 9.45. The van der Waals surface area contributed by atoms with Crippen molar-refractivity contribution < 1.29 is 0 Å². The maximum Gasteiger partial charge on any atom is 0.203 e. The summed E-state index contributed by atoms with van der Waals surface area (Å²) in [6, 6.07) is 10.2. The van der Waals surface area contributed by atoms with E-state index in [-0.39, 0.29) is 5.41 Å². The van der Waals surface area contributed by atoms with E-state index >= 15 is 0 Å². The number of hydrogen-bond donors (Lipinski definition) is 1. The Hall–Kier alpha value is -2.01. The van der Waals surface area contributed by atoms with Gasteiger partial charge in [-0.05, 0) is 12.1 Å². The SMILES string of the molecule is CC(C)(C)c1cc(-c2nnc(N)s2)c2ccccc2n1. The number of hydrogen-bond acceptors (Lipinski definition) is 5. The number of pyridine rings is 1. The minimum Gasteiger partial charge on any atom is -0.374 e. The molecule has 0 amide bonds. The van der Waals surface area contributed by atoms with Crippen molar-refractivity contribution in [2.24, 2.45) is 0 Å². The van der Waals surface area contributed by atoms with E-state index in [4.69, 9.17) is 10.7 Å². The summed E-state index contributed by atoms with van der Waals surface area (Å²) in [5.41, 5.74) is 8.76. The third-order valence-electron chi connectivity index (χ3n) is 3.16. The molecule has 0 unspecified atom stereocenters. The molecule has 0 saturated heterocycles. The molecule has 20 heavy (non-hydrogen) atoms. The molecule has 1 aromatic carbocycles. The average Bonchev–Trinajstić information content (AvgIpc) is 2.83. The molecular formula is C15H16N4S. The first-order valence-corrected chi connectivity index (χ1v) is 7.26. The zero-order chi connectivity index (χ0) is 14.3. The summed E-state index contributed by atoms with van der Waals surface area (Å²) in [4.78, 5) is 4.76. The van der Waals surface area contributed by atoms with E-state index in [0.717, 1.165) is 27.2 Å². The van der Waals surface area contributed by atoms with Gasteiger partial charge in [0.25, 0.3) is 0 Å². The number of anilines is 1. The number of para-hydroxylation sites is 1. The second-order valence-corrected chi connectivity index (χ2v) is 6.78. The van der Waals surface area contributed by atoms with Gasteiger partial charge in [-0.3, -0.25) is 4.98 Å². The van der Waals surface area contributed by atoms with Gasteiger partial charge in [0.2, 0.25) is 5.13 Å². The number of nitrogens with two attached hydrogens (primary N) is 1. The standard InChI is InChI=1S/C15H16N4S/c1-15(2,3)12-8-10(13-18-19-14(16)20-13)9-6-4-5-7-11(9)17-12/h4-8H,1-3H3,(H2,16,19). The van der Waals surface area contributed by atoms with Crippen LogP contribution < -0.4 is 5.73 Å². The first kappa shape index (κ1) is 13.0. The molecule has 102 valence electrons. The Bertz CT molecular complexity index is 771. The fraction of sp³-hybridized carbons (Fsp3) is 0.267. The van der Waals surface area contributed by atoms with E-state index in [1.54, 1.807) is 0 Å². The van der Waals surface area contributed by atoms with Crippen LogP contribution in [0.5, 0.6) is 0 Å². The molecule has 0 radical (unpaired) electrons. The van der Waals surface area contributed by atoms with Crippen molar-refractivity contribution in [3.05, 3.63) is 36.0 Å². The molecule has 0 spiro atoms. The predicted octanol–water partition coefficient (Wildman–Crippen LogP) is 3.63. The van der Waals surface area contributed by atoms with Gasteiger partial charge >= 0.3 is 0 Å². The minimum absolute atomic E-state index is 0.0188. The highest BCUT2D eigenvalue weighted by Gasteiger charge is 2.19. The summed E-state index contributed by atoms with van der Waals surface area (Å²) in [6.07, 6.45) is 0. The summed E-state index contributed by atoms with van der Waals surface area (Å²) in [6.45, 7) is 6.47. The monoisotopic (exact) mass is 284 g/mol. The highest BCUT2D eigenvalue weighted by Crippen LogP contribution is 2.34. The maximum absolute atomic E-state index is 5.71. The number of aromatic nitrogens is 3. The molecule has 5 heteroatoms. The predicted molar refractivity (Wildman–Crippen MR) is 83.8 cm³/mol. The van der Waals surface area contributed by atoms with Crippen LogP contribution in [0.4, 0.5) is 5.13 Å². The molecule has 4 nitrogen and oxygen atoms in total. The largest absolute Gasteiger partial charge is 0.374 e. The number of rotatable bonds is 1. The Morgan fingerprint density at radius 2 is 1.85 bits per heavy atom. The normalized spacial score (nSPS) is 11.9. The zero-order valence-corrected chi connectivity index (χ0v) is 12.5. The second-order valence-electron chi connectivity index (χ2n) is 5.77. The lowest BCUT2D eigenvalue weighted by Crippen LogP contribution is -2.13. The van der Waals surface area contributed by atoms with Crippen LogP contribution in [-0.2, 0) is 5.41 Å². The van der Waals surface area contributed by atoms with Gasteiger partial charge in [-0.1, -0.05) is 50.3 Å². The highest BCUT2D eigenvalue weighted by atomic mass is 32.1. The number of fused-ring (bicyclic) bond motifs is 1. The molecule has 0 bridgehead atoms. The second kappa shape index (κ2) is 4.52. The lowest BCUT2D eigenvalue weighted by atomic mass is 9.90. The van der Waals surface area contributed by atoms with Crippen molar-refractivity contribution in [3.8, 4) is 10.6 Å². The van der Waals surface area contributed by atoms with Crippen molar-refractivity contribution in [1.82, 2.24) is 15.2 Å². The Labute approximate surface area is 121 Å². The average molecular weight is 284 g/mol. The fourth-order valence-corrected chi connectivity index (χ4v) is 2.72. The van der Waals surface area contributed by atoms with Gasteiger partial charge < -0.3 is 5.73 Å². The Kier molecular flexibility index (Phi) is 2.94. The van der Waals surface area contributed by atoms with Crippen LogP contribution in [0, 0.1) is 0 Å². The molecule has 0 aliphatic carbocycles. The van der Waals surface area contributed by atoms with Crippen LogP contribution in [0.1, 0.15) is 26.5 Å². The van der Waals surface area contributed by atoms with Gasteiger partial charge in [-0.2, -0.15) is 0 Å². The zero-order valence-electron chi connectivity index (χ0n) is 11.7. The first-order valence-electron chi connectivity index (χ1n) is 6.45. The van der Waals surface area contributed by atoms with Gasteiger partial charge in [0.05, 0.1) is 5.52 Å². The van der Waals surface area contributed by atoms with Crippen LogP contribution in [0.3, 0.4) is 0 Å². The molecular weight excluding hydrogens is 268 g/mol. The molecule has 2 aromatic heterocycles. The van der Waals surface area contributed by atoms with Gasteiger partial charge in [0, 0.05) is 22.1 Å². The summed E-state index contributed by atoms with van der Waals surface area (Å²) in [5.74, 6) is 0. The summed E-state index contributed by atoms with van der Waals surface area (Å²) >= 11 is 1.40. The van der Waals surface area contributed by atoms with E-state index in [2.05, 4.69) is 43.1 Å². The van der Waals surface area contributed by atoms with Crippen molar-refractivity contribution >= 4 is 27.4 Å².